The molecule has 0 radical (unpaired) electrons. The molecule has 29 heavy (non-hydrogen) atoms. The van der Waals surface area contributed by atoms with Crippen molar-refractivity contribution in [3.8, 4) is 17.1 Å². The van der Waals surface area contributed by atoms with Gasteiger partial charge in [-0.2, -0.15) is 0 Å². The smallest absolute Gasteiger partial charge is 0.142 e. The Morgan fingerprint density at radius 3 is 2.45 bits per heavy atom. The van der Waals surface area contributed by atoms with Crippen LogP contribution in [0.2, 0.25) is 5.02 Å². The average molecular weight is 405 g/mol. The Morgan fingerprint density at radius 1 is 0.966 bits per heavy atom. The molecule has 3 nitrogen and oxygen atoms in total. The summed E-state index contributed by atoms with van der Waals surface area (Å²) in [5.74, 6) is 2.33. The van der Waals surface area contributed by atoms with E-state index >= 15 is 0 Å². The van der Waals surface area contributed by atoms with Gasteiger partial charge in [-0.3, -0.25) is 0 Å². The summed E-state index contributed by atoms with van der Waals surface area (Å²) in [6, 6.07) is 24.4. The fourth-order valence-corrected chi connectivity index (χ4v) is 3.75. The number of rotatable bonds is 7. The molecule has 0 fully saturated rings. The molecule has 1 unspecified atom stereocenters. The molecule has 3 aromatic carbocycles. The van der Waals surface area contributed by atoms with Crippen LogP contribution in [0.15, 0.2) is 72.8 Å². The molecular weight excluding hydrogens is 380 g/mol. The molecule has 1 heterocycles. The number of halogens is 1. The Balaban J connectivity index is 1.56. The van der Waals surface area contributed by atoms with Crippen molar-refractivity contribution < 1.29 is 4.74 Å². The first-order valence-electron chi connectivity index (χ1n) is 10.1. The molecule has 0 aliphatic carbocycles. The molecule has 1 atom stereocenters. The van der Waals surface area contributed by atoms with Gasteiger partial charge in [-0.1, -0.05) is 61.8 Å². The molecule has 0 amide bonds. The van der Waals surface area contributed by atoms with Crippen molar-refractivity contribution in [1.29, 1.82) is 0 Å². The van der Waals surface area contributed by atoms with Crippen LogP contribution in [0, 0.1) is 0 Å². The normalized spacial score (nSPS) is 12.2. The van der Waals surface area contributed by atoms with Gasteiger partial charge < -0.3 is 9.30 Å². The third-order valence-corrected chi connectivity index (χ3v) is 5.74. The minimum Gasteiger partial charge on any atom is -0.492 e. The lowest BCUT2D eigenvalue weighted by Crippen LogP contribution is -2.09. The summed E-state index contributed by atoms with van der Waals surface area (Å²) in [6.45, 7) is 5.70. The lowest BCUT2D eigenvalue weighted by molar-refractivity contribution is 0.300. The summed E-state index contributed by atoms with van der Waals surface area (Å²) in [6.07, 6.45) is 1.14. The number of nitrogens with zero attached hydrogens (tertiary/aromatic N) is 2. The van der Waals surface area contributed by atoms with Gasteiger partial charge in [0.2, 0.25) is 0 Å². The highest BCUT2D eigenvalue weighted by atomic mass is 35.5. The van der Waals surface area contributed by atoms with Gasteiger partial charge in [-0.05, 0) is 54.3 Å². The van der Waals surface area contributed by atoms with Gasteiger partial charge in [0.05, 0.1) is 22.6 Å². The second-order valence-corrected chi connectivity index (χ2v) is 7.69. The molecule has 4 aromatic rings. The zero-order valence-electron chi connectivity index (χ0n) is 16.8. The van der Waals surface area contributed by atoms with E-state index in [2.05, 4.69) is 48.7 Å². The molecule has 0 aliphatic rings. The summed E-state index contributed by atoms with van der Waals surface area (Å²) >= 11 is 6.46. The SMILES string of the molecule is CCC(C)c1ccc(OCCn2c(-c3ccccc3Cl)nc3ccccc32)cc1. The van der Waals surface area contributed by atoms with Crippen LogP contribution < -0.4 is 4.74 Å². The van der Waals surface area contributed by atoms with E-state index in [1.807, 2.05) is 42.5 Å². The van der Waals surface area contributed by atoms with Gasteiger partial charge in [0, 0.05) is 5.56 Å². The van der Waals surface area contributed by atoms with Crippen molar-refractivity contribution in [1.82, 2.24) is 9.55 Å². The van der Waals surface area contributed by atoms with Crippen molar-refractivity contribution in [3.63, 3.8) is 0 Å². The zero-order valence-corrected chi connectivity index (χ0v) is 17.6. The van der Waals surface area contributed by atoms with E-state index in [1.54, 1.807) is 0 Å². The van der Waals surface area contributed by atoms with Crippen LogP contribution in [0.5, 0.6) is 5.75 Å². The number of ether oxygens (including phenoxy) is 1. The summed E-state index contributed by atoms with van der Waals surface area (Å²) < 4.78 is 8.22. The quantitative estimate of drug-likeness (QED) is 0.333. The van der Waals surface area contributed by atoms with Gasteiger partial charge in [-0.25, -0.2) is 4.98 Å². The summed E-state index contributed by atoms with van der Waals surface area (Å²) in [7, 11) is 0. The lowest BCUT2D eigenvalue weighted by Gasteiger charge is -2.13. The minimum absolute atomic E-state index is 0.556. The van der Waals surface area contributed by atoms with Crippen molar-refractivity contribution in [2.24, 2.45) is 0 Å². The van der Waals surface area contributed by atoms with Crippen LogP contribution in [-0.2, 0) is 6.54 Å². The predicted molar refractivity (Wildman–Crippen MR) is 121 cm³/mol. The zero-order chi connectivity index (χ0) is 20.2. The number of imidazole rings is 1. The standard InChI is InChI=1S/C25H25ClN2O/c1-3-18(2)19-12-14-20(15-13-19)29-17-16-28-24-11-7-6-10-23(24)27-25(28)21-8-4-5-9-22(21)26/h4-15,18H,3,16-17H2,1-2H3. The second-order valence-electron chi connectivity index (χ2n) is 7.28. The monoisotopic (exact) mass is 404 g/mol. The van der Waals surface area contributed by atoms with E-state index in [1.165, 1.54) is 5.56 Å². The van der Waals surface area contributed by atoms with Gasteiger partial charge in [0.15, 0.2) is 0 Å². The minimum atomic E-state index is 0.556. The van der Waals surface area contributed by atoms with E-state index in [0.717, 1.165) is 34.6 Å². The fourth-order valence-electron chi connectivity index (χ4n) is 3.53. The number of fused-ring (bicyclic) bond motifs is 1. The van der Waals surface area contributed by atoms with Crippen LogP contribution in [-0.4, -0.2) is 16.2 Å². The van der Waals surface area contributed by atoms with E-state index < -0.39 is 0 Å². The summed E-state index contributed by atoms with van der Waals surface area (Å²) in [5.41, 5.74) is 4.32. The molecule has 0 saturated carbocycles. The lowest BCUT2D eigenvalue weighted by atomic mass is 9.99. The molecule has 148 valence electrons. The highest BCUT2D eigenvalue weighted by molar-refractivity contribution is 6.33. The van der Waals surface area contributed by atoms with Gasteiger partial charge in [0.25, 0.3) is 0 Å². The molecule has 0 saturated heterocycles. The van der Waals surface area contributed by atoms with Crippen LogP contribution >= 0.6 is 11.6 Å². The van der Waals surface area contributed by atoms with Crippen LogP contribution in [0.4, 0.5) is 0 Å². The molecule has 4 heteroatoms. The molecule has 0 N–H and O–H groups in total. The maximum absolute atomic E-state index is 6.46. The molecular formula is C25H25ClN2O. The van der Waals surface area contributed by atoms with E-state index in [-0.39, 0.29) is 0 Å². The fraction of sp³-hybridized carbons (Fsp3) is 0.240. The maximum atomic E-state index is 6.46. The van der Waals surface area contributed by atoms with Crippen LogP contribution in [0.1, 0.15) is 31.7 Å². The molecule has 4 rings (SSSR count). The van der Waals surface area contributed by atoms with E-state index in [4.69, 9.17) is 21.3 Å². The first kappa shape index (κ1) is 19.5. The Labute approximate surface area is 176 Å². The average Bonchev–Trinajstić information content (AvgIpc) is 3.12. The number of para-hydroxylation sites is 2. The molecule has 0 spiro atoms. The molecule has 0 bridgehead atoms. The predicted octanol–water partition coefficient (Wildman–Crippen LogP) is 6.95. The number of hydrogen-bond donors (Lipinski definition) is 0. The third kappa shape index (κ3) is 4.15. The Morgan fingerprint density at radius 2 is 1.69 bits per heavy atom. The first-order chi connectivity index (χ1) is 14.2. The third-order valence-electron chi connectivity index (χ3n) is 5.41. The first-order valence-corrected chi connectivity index (χ1v) is 10.5. The largest absolute Gasteiger partial charge is 0.492 e. The maximum Gasteiger partial charge on any atom is 0.142 e. The molecule has 1 aromatic heterocycles. The van der Waals surface area contributed by atoms with Crippen molar-refractivity contribution in [2.75, 3.05) is 6.61 Å². The highest BCUT2D eigenvalue weighted by Gasteiger charge is 2.14. The topological polar surface area (TPSA) is 27.1 Å². The van der Waals surface area contributed by atoms with Crippen LogP contribution in [0.3, 0.4) is 0 Å². The Bertz CT molecular complexity index is 1100. The Hall–Kier alpha value is -2.78. The number of hydrogen-bond acceptors (Lipinski definition) is 2. The summed E-state index contributed by atoms with van der Waals surface area (Å²) in [5, 5.41) is 0.700. The van der Waals surface area contributed by atoms with Crippen molar-refractivity contribution >= 4 is 22.6 Å². The van der Waals surface area contributed by atoms with Crippen molar-refractivity contribution in [3.05, 3.63) is 83.4 Å². The summed E-state index contributed by atoms with van der Waals surface area (Å²) in [4.78, 5) is 4.83. The number of benzene rings is 3. The van der Waals surface area contributed by atoms with Gasteiger partial charge >= 0.3 is 0 Å². The second kappa shape index (κ2) is 8.71. The van der Waals surface area contributed by atoms with E-state index in [0.29, 0.717) is 24.1 Å². The van der Waals surface area contributed by atoms with Gasteiger partial charge in [-0.15, -0.1) is 0 Å². The van der Waals surface area contributed by atoms with E-state index in [9.17, 15) is 0 Å². The molecule has 0 aliphatic heterocycles. The van der Waals surface area contributed by atoms with Crippen molar-refractivity contribution in [2.45, 2.75) is 32.7 Å². The number of aromatic nitrogens is 2. The van der Waals surface area contributed by atoms with Gasteiger partial charge in [0.1, 0.15) is 18.2 Å². The highest BCUT2D eigenvalue weighted by Crippen LogP contribution is 2.30. The van der Waals surface area contributed by atoms with Crippen LogP contribution in [0.25, 0.3) is 22.4 Å². The Kier molecular flexibility index (Phi) is 5.86.